The molecule has 17 heavy (non-hydrogen) atoms. The van der Waals surface area contributed by atoms with Gasteiger partial charge in [0.1, 0.15) is 0 Å². The van der Waals surface area contributed by atoms with E-state index in [1.165, 1.54) is 12.3 Å². The lowest BCUT2D eigenvalue weighted by atomic mass is 10.1. The van der Waals surface area contributed by atoms with E-state index in [0.717, 1.165) is 6.07 Å². The number of nitrogens with zero attached hydrogens (tertiary/aromatic N) is 2. The molecule has 1 heterocycles. The van der Waals surface area contributed by atoms with Gasteiger partial charge in [0.25, 0.3) is 10.0 Å². The number of hydrogen-bond donors (Lipinski definition) is 1. The van der Waals surface area contributed by atoms with E-state index < -0.39 is 31.2 Å². The van der Waals surface area contributed by atoms with Crippen molar-refractivity contribution < 1.29 is 13.3 Å². The zero-order valence-corrected chi connectivity index (χ0v) is 10.5. The SMILES string of the molecule is CC(C)(C)NS(=O)(=O)c1ncccc1[N+](=O)[O-]. The van der Waals surface area contributed by atoms with Gasteiger partial charge in [-0.05, 0) is 26.8 Å². The van der Waals surface area contributed by atoms with Crippen molar-refractivity contribution in [2.45, 2.75) is 31.3 Å². The Morgan fingerprint density at radius 3 is 2.47 bits per heavy atom. The van der Waals surface area contributed by atoms with Gasteiger partial charge in [-0.15, -0.1) is 0 Å². The largest absolute Gasteiger partial charge is 0.308 e. The average molecular weight is 259 g/mol. The minimum absolute atomic E-state index is 0.538. The van der Waals surface area contributed by atoms with Crippen molar-refractivity contribution in [1.29, 1.82) is 0 Å². The van der Waals surface area contributed by atoms with Crippen LogP contribution in [0.3, 0.4) is 0 Å². The van der Waals surface area contributed by atoms with Gasteiger partial charge in [-0.25, -0.2) is 18.1 Å². The Morgan fingerprint density at radius 2 is 2.00 bits per heavy atom. The molecule has 0 spiro atoms. The molecule has 0 saturated heterocycles. The summed E-state index contributed by atoms with van der Waals surface area (Å²) in [5, 5.41) is 10.1. The molecule has 0 aromatic carbocycles. The lowest BCUT2D eigenvalue weighted by molar-refractivity contribution is -0.388. The second kappa shape index (κ2) is 4.38. The number of aromatic nitrogens is 1. The predicted octanol–water partition coefficient (Wildman–Crippen LogP) is 1.07. The van der Waals surface area contributed by atoms with Gasteiger partial charge in [0.05, 0.1) is 4.92 Å². The minimum atomic E-state index is -4.00. The van der Waals surface area contributed by atoms with Crippen LogP contribution in [-0.4, -0.2) is 23.9 Å². The van der Waals surface area contributed by atoms with Crippen LogP contribution in [0, 0.1) is 10.1 Å². The molecule has 0 bridgehead atoms. The van der Waals surface area contributed by atoms with Gasteiger partial charge < -0.3 is 0 Å². The third kappa shape index (κ3) is 3.46. The van der Waals surface area contributed by atoms with Gasteiger partial charge in [0.15, 0.2) is 0 Å². The summed E-state index contributed by atoms with van der Waals surface area (Å²) < 4.78 is 26.1. The van der Waals surface area contributed by atoms with Gasteiger partial charge in [0, 0.05) is 17.8 Å². The van der Waals surface area contributed by atoms with Crippen LogP contribution >= 0.6 is 0 Å². The van der Waals surface area contributed by atoms with Gasteiger partial charge in [-0.2, -0.15) is 0 Å². The molecule has 0 atom stereocenters. The third-order valence-corrected chi connectivity index (χ3v) is 3.35. The Kier molecular flexibility index (Phi) is 3.48. The molecule has 0 radical (unpaired) electrons. The second-order valence-electron chi connectivity index (χ2n) is 4.44. The average Bonchev–Trinajstić information content (AvgIpc) is 2.14. The molecule has 0 fully saturated rings. The third-order valence-electron chi connectivity index (χ3n) is 1.64. The van der Waals surface area contributed by atoms with E-state index in [2.05, 4.69) is 9.71 Å². The molecule has 0 unspecified atom stereocenters. The van der Waals surface area contributed by atoms with Crippen molar-refractivity contribution in [2.24, 2.45) is 0 Å². The van der Waals surface area contributed by atoms with Crippen LogP contribution in [-0.2, 0) is 10.0 Å². The topological polar surface area (TPSA) is 102 Å². The fraction of sp³-hybridized carbons (Fsp3) is 0.444. The summed E-state index contributed by atoms with van der Waals surface area (Å²) in [6.45, 7) is 4.91. The van der Waals surface area contributed by atoms with E-state index >= 15 is 0 Å². The van der Waals surface area contributed by atoms with Crippen molar-refractivity contribution in [3.05, 3.63) is 28.4 Å². The van der Waals surface area contributed by atoms with E-state index in [0.29, 0.717) is 0 Å². The van der Waals surface area contributed by atoms with Crippen LogP contribution in [0.25, 0.3) is 0 Å². The summed E-state index contributed by atoms with van der Waals surface area (Å²) in [5.41, 5.74) is -1.27. The van der Waals surface area contributed by atoms with Gasteiger partial charge in [-0.3, -0.25) is 10.1 Å². The highest BCUT2D eigenvalue weighted by molar-refractivity contribution is 7.89. The molecule has 0 saturated carbocycles. The Morgan fingerprint density at radius 1 is 1.41 bits per heavy atom. The van der Waals surface area contributed by atoms with Crippen molar-refractivity contribution in [3.8, 4) is 0 Å². The first-order valence-corrected chi connectivity index (χ1v) is 6.25. The summed E-state index contributed by atoms with van der Waals surface area (Å²) in [6, 6.07) is 2.42. The Bertz CT molecular complexity index is 533. The van der Waals surface area contributed by atoms with E-state index in [9.17, 15) is 18.5 Å². The number of sulfonamides is 1. The summed E-state index contributed by atoms with van der Waals surface area (Å²) in [5.74, 6) is 0. The molecule has 7 nitrogen and oxygen atoms in total. The highest BCUT2D eigenvalue weighted by Gasteiger charge is 2.30. The van der Waals surface area contributed by atoms with Crippen LogP contribution in [0.1, 0.15) is 20.8 Å². The Balaban J connectivity index is 3.30. The molecule has 94 valence electrons. The fourth-order valence-corrected chi connectivity index (χ4v) is 2.70. The fourth-order valence-electron chi connectivity index (χ4n) is 1.18. The molecule has 1 aromatic heterocycles. The molecule has 1 N–H and O–H groups in total. The maximum atomic E-state index is 11.9. The zero-order chi connectivity index (χ0) is 13.3. The smallest absolute Gasteiger partial charge is 0.258 e. The van der Waals surface area contributed by atoms with Crippen LogP contribution in [0.2, 0.25) is 0 Å². The van der Waals surface area contributed by atoms with E-state index in [4.69, 9.17) is 0 Å². The monoisotopic (exact) mass is 259 g/mol. The van der Waals surface area contributed by atoms with Gasteiger partial charge in [0.2, 0.25) is 5.03 Å². The number of nitro groups is 1. The molecular formula is C9H13N3O4S. The predicted molar refractivity (Wildman–Crippen MR) is 61.0 cm³/mol. The molecule has 8 heteroatoms. The summed E-state index contributed by atoms with van der Waals surface area (Å²) in [4.78, 5) is 13.5. The first-order valence-electron chi connectivity index (χ1n) is 4.77. The highest BCUT2D eigenvalue weighted by atomic mass is 32.2. The summed E-state index contributed by atoms with van der Waals surface area (Å²) >= 11 is 0. The van der Waals surface area contributed by atoms with Crippen LogP contribution < -0.4 is 4.72 Å². The van der Waals surface area contributed by atoms with E-state index in [-0.39, 0.29) is 0 Å². The van der Waals surface area contributed by atoms with Crippen LogP contribution in [0.4, 0.5) is 5.69 Å². The first kappa shape index (κ1) is 13.5. The lowest BCUT2D eigenvalue weighted by Gasteiger charge is -2.19. The summed E-state index contributed by atoms with van der Waals surface area (Å²) in [7, 11) is -4.00. The van der Waals surface area contributed by atoms with Crippen molar-refractivity contribution in [2.75, 3.05) is 0 Å². The quantitative estimate of drug-likeness (QED) is 0.646. The molecule has 0 aliphatic rings. The summed E-state index contributed by atoms with van der Waals surface area (Å²) in [6.07, 6.45) is 1.20. The van der Waals surface area contributed by atoms with Crippen molar-refractivity contribution >= 4 is 15.7 Å². The van der Waals surface area contributed by atoms with Gasteiger partial charge in [-0.1, -0.05) is 0 Å². The van der Waals surface area contributed by atoms with Crippen molar-refractivity contribution in [1.82, 2.24) is 9.71 Å². The normalized spacial score (nSPS) is 12.4. The molecule has 0 aliphatic heterocycles. The zero-order valence-electron chi connectivity index (χ0n) is 9.67. The Hall–Kier alpha value is -1.54. The minimum Gasteiger partial charge on any atom is -0.258 e. The molecule has 0 aliphatic carbocycles. The highest BCUT2D eigenvalue weighted by Crippen LogP contribution is 2.21. The Labute approximate surface area is 99.1 Å². The molecule has 1 rings (SSSR count). The maximum Gasteiger partial charge on any atom is 0.308 e. The van der Waals surface area contributed by atoms with Crippen molar-refractivity contribution in [3.63, 3.8) is 0 Å². The maximum absolute atomic E-state index is 11.9. The van der Waals surface area contributed by atoms with Crippen LogP contribution in [0.5, 0.6) is 0 Å². The number of rotatable bonds is 3. The second-order valence-corrected chi connectivity index (χ2v) is 6.04. The molecule has 1 aromatic rings. The first-order chi connectivity index (χ1) is 7.63. The molecule has 0 amide bonds. The standard InChI is InChI=1S/C9H13N3O4S/c1-9(2,3)11-17(15,16)8-7(12(13)14)5-4-6-10-8/h4-6,11H,1-3H3. The van der Waals surface area contributed by atoms with E-state index in [1.54, 1.807) is 20.8 Å². The lowest BCUT2D eigenvalue weighted by Crippen LogP contribution is -2.41. The van der Waals surface area contributed by atoms with Crippen LogP contribution in [0.15, 0.2) is 23.4 Å². The van der Waals surface area contributed by atoms with E-state index in [1.807, 2.05) is 0 Å². The number of nitrogens with one attached hydrogen (secondary N) is 1. The number of pyridine rings is 1. The number of hydrogen-bond acceptors (Lipinski definition) is 5. The van der Waals surface area contributed by atoms with Gasteiger partial charge >= 0.3 is 5.69 Å². The molecular weight excluding hydrogens is 246 g/mol.